The van der Waals surface area contributed by atoms with E-state index in [-0.39, 0.29) is 5.84 Å². The molecule has 0 aliphatic rings. The molecule has 3 aromatic rings. The predicted molar refractivity (Wildman–Crippen MR) is 92.3 cm³/mol. The summed E-state index contributed by atoms with van der Waals surface area (Å²) in [7, 11) is 0. The Morgan fingerprint density at radius 2 is 1.54 bits per heavy atom. The van der Waals surface area contributed by atoms with Gasteiger partial charge in [-0.2, -0.15) is 0 Å². The highest BCUT2D eigenvalue weighted by molar-refractivity contribution is 5.96. The van der Waals surface area contributed by atoms with Crippen LogP contribution >= 0.6 is 0 Å². The number of pyridine rings is 1. The summed E-state index contributed by atoms with van der Waals surface area (Å²) >= 11 is 0. The summed E-state index contributed by atoms with van der Waals surface area (Å²) < 4.78 is 0. The van der Waals surface area contributed by atoms with Gasteiger partial charge in [0.1, 0.15) is 5.69 Å². The topological polar surface area (TPSA) is 77.6 Å². The highest BCUT2D eigenvalue weighted by atomic mass is 16.7. The van der Waals surface area contributed by atoms with Crippen molar-refractivity contribution in [1.29, 1.82) is 0 Å². The molecule has 2 aromatic carbocycles. The Bertz CT molecular complexity index is 845. The summed E-state index contributed by atoms with van der Waals surface area (Å²) in [5.41, 5.74) is 8.67. The number of hydrogen-bond acceptors (Lipinski definition) is 4. The van der Waals surface area contributed by atoms with Gasteiger partial charge in [0.25, 0.3) is 0 Å². The molecule has 24 heavy (non-hydrogen) atoms. The molecule has 1 heterocycles. The smallest absolute Gasteiger partial charge is 0.365 e. The number of nitrogens with two attached hydrogens (primary N) is 1. The molecule has 0 atom stereocenters. The van der Waals surface area contributed by atoms with E-state index in [1.165, 1.54) is 0 Å². The molecule has 0 fully saturated rings. The monoisotopic (exact) mass is 317 g/mol. The van der Waals surface area contributed by atoms with Gasteiger partial charge in [-0.05, 0) is 35.4 Å². The molecule has 0 radical (unpaired) electrons. The van der Waals surface area contributed by atoms with Gasteiger partial charge in [0.15, 0.2) is 5.84 Å². The van der Waals surface area contributed by atoms with Gasteiger partial charge in [-0.3, -0.25) is 4.98 Å². The van der Waals surface area contributed by atoms with Crippen molar-refractivity contribution < 1.29 is 9.63 Å². The lowest BCUT2D eigenvalue weighted by atomic mass is 10.0. The number of carbonyl (C=O) groups excluding carboxylic acids is 1. The van der Waals surface area contributed by atoms with Crippen molar-refractivity contribution in [2.75, 3.05) is 0 Å². The first-order valence-corrected chi connectivity index (χ1v) is 7.36. The van der Waals surface area contributed by atoms with E-state index in [4.69, 9.17) is 10.6 Å². The molecule has 0 aliphatic carbocycles. The van der Waals surface area contributed by atoms with Crippen LogP contribution in [0.4, 0.5) is 0 Å². The van der Waals surface area contributed by atoms with Gasteiger partial charge in [-0.15, -0.1) is 0 Å². The van der Waals surface area contributed by atoms with Crippen LogP contribution in [0.3, 0.4) is 0 Å². The van der Waals surface area contributed by atoms with Crippen molar-refractivity contribution in [2.45, 2.75) is 0 Å². The maximum atomic E-state index is 12.0. The minimum absolute atomic E-state index is 0.0462. The SMILES string of the molecule is N/C(=N\OC(=O)c1ccc(-c2ccccc2)cc1)c1ccccn1. The zero-order chi connectivity index (χ0) is 16.8. The maximum Gasteiger partial charge on any atom is 0.365 e. The molecule has 0 amide bonds. The number of amidine groups is 1. The predicted octanol–water partition coefficient (Wildman–Crippen LogP) is 3.23. The van der Waals surface area contributed by atoms with Gasteiger partial charge >= 0.3 is 5.97 Å². The summed E-state index contributed by atoms with van der Waals surface area (Å²) in [5, 5.41) is 3.63. The Labute approximate surface area is 139 Å². The largest absolute Gasteiger partial charge is 0.379 e. The van der Waals surface area contributed by atoms with Crippen LogP contribution in [0, 0.1) is 0 Å². The number of benzene rings is 2. The Balaban J connectivity index is 1.70. The van der Waals surface area contributed by atoms with Crippen LogP contribution in [0.2, 0.25) is 0 Å². The van der Waals surface area contributed by atoms with Gasteiger partial charge in [0, 0.05) is 6.20 Å². The second-order valence-electron chi connectivity index (χ2n) is 5.01. The molecule has 3 rings (SSSR count). The molecule has 5 nitrogen and oxygen atoms in total. The van der Waals surface area contributed by atoms with E-state index >= 15 is 0 Å². The molecule has 0 bridgehead atoms. The quantitative estimate of drug-likeness (QED) is 0.347. The molecular formula is C19H15N3O2. The lowest BCUT2D eigenvalue weighted by Gasteiger charge is -2.03. The molecule has 0 saturated heterocycles. The van der Waals surface area contributed by atoms with Crippen LogP contribution < -0.4 is 5.73 Å². The summed E-state index contributed by atoms with van der Waals surface area (Å²) in [6.07, 6.45) is 1.59. The van der Waals surface area contributed by atoms with E-state index in [0.29, 0.717) is 11.3 Å². The summed E-state index contributed by atoms with van der Waals surface area (Å²) in [6.45, 7) is 0. The second-order valence-corrected chi connectivity index (χ2v) is 5.01. The van der Waals surface area contributed by atoms with Gasteiger partial charge in [-0.25, -0.2) is 4.79 Å². The minimum Gasteiger partial charge on any atom is -0.379 e. The van der Waals surface area contributed by atoms with Crippen LogP contribution in [0.25, 0.3) is 11.1 Å². The number of aromatic nitrogens is 1. The van der Waals surface area contributed by atoms with Crippen LogP contribution in [-0.2, 0) is 4.84 Å². The fourth-order valence-corrected chi connectivity index (χ4v) is 2.13. The van der Waals surface area contributed by atoms with E-state index in [9.17, 15) is 4.79 Å². The third-order valence-corrected chi connectivity index (χ3v) is 3.38. The fourth-order valence-electron chi connectivity index (χ4n) is 2.13. The first kappa shape index (κ1) is 15.4. The van der Waals surface area contributed by atoms with E-state index in [1.54, 1.807) is 36.5 Å². The van der Waals surface area contributed by atoms with Crippen LogP contribution in [0.15, 0.2) is 84.1 Å². The molecule has 118 valence electrons. The lowest BCUT2D eigenvalue weighted by Crippen LogP contribution is -2.16. The van der Waals surface area contributed by atoms with Gasteiger partial charge in [-0.1, -0.05) is 53.7 Å². The molecule has 0 unspecified atom stereocenters. The number of carbonyl (C=O) groups is 1. The van der Waals surface area contributed by atoms with E-state index in [1.807, 2.05) is 42.5 Å². The van der Waals surface area contributed by atoms with Crippen molar-refractivity contribution in [3.05, 3.63) is 90.3 Å². The Morgan fingerprint density at radius 3 is 2.21 bits per heavy atom. The zero-order valence-corrected chi connectivity index (χ0v) is 12.8. The van der Waals surface area contributed by atoms with E-state index in [0.717, 1.165) is 11.1 Å². The van der Waals surface area contributed by atoms with E-state index < -0.39 is 5.97 Å². The fraction of sp³-hybridized carbons (Fsp3) is 0. The zero-order valence-electron chi connectivity index (χ0n) is 12.8. The average molecular weight is 317 g/mol. The summed E-state index contributed by atoms with van der Waals surface area (Å²) in [6, 6.07) is 22.2. The average Bonchev–Trinajstić information content (AvgIpc) is 2.67. The van der Waals surface area contributed by atoms with Crippen LogP contribution in [0.1, 0.15) is 16.1 Å². The Morgan fingerprint density at radius 1 is 0.875 bits per heavy atom. The van der Waals surface area contributed by atoms with Crippen LogP contribution in [0.5, 0.6) is 0 Å². The molecule has 5 heteroatoms. The molecule has 0 spiro atoms. The lowest BCUT2D eigenvalue weighted by molar-refractivity contribution is 0.0516. The Kier molecular flexibility index (Phi) is 4.62. The number of rotatable bonds is 4. The summed E-state index contributed by atoms with van der Waals surface area (Å²) in [5.74, 6) is -0.529. The second kappa shape index (κ2) is 7.19. The third kappa shape index (κ3) is 3.64. The minimum atomic E-state index is -0.575. The van der Waals surface area contributed by atoms with E-state index in [2.05, 4.69) is 10.1 Å². The first-order chi connectivity index (χ1) is 11.7. The number of nitrogens with zero attached hydrogens (tertiary/aromatic N) is 2. The van der Waals surface area contributed by atoms with Gasteiger partial charge in [0.2, 0.25) is 0 Å². The molecular weight excluding hydrogens is 302 g/mol. The van der Waals surface area contributed by atoms with Crippen molar-refractivity contribution in [2.24, 2.45) is 10.9 Å². The molecule has 0 aliphatic heterocycles. The van der Waals surface area contributed by atoms with Crippen LogP contribution in [-0.4, -0.2) is 16.8 Å². The van der Waals surface area contributed by atoms with Gasteiger partial charge in [0.05, 0.1) is 5.56 Å². The maximum absolute atomic E-state index is 12.0. The number of oxime groups is 1. The Hall–Kier alpha value is -3.47. The standard InChI is InChI=1S/C19H15N3O2/c20-18(17-8-4-5-13-21-17)22-24-19(23)16-11-9-15(10-12-16)14-6-2-1-3-7-14/h1-13H,(H2,20,22). The highest BCUT2D eigenvalue weighted by Crippen LogP contribution is 2.19. The normalized spacial score (nSPS) is 11.1. The van der Waals surface area contributed by atoms with Crippen molar-refractivity contribution in [3.63, 3.8) is 0 Å². The highest BCUT2D eigenvalue weighted by Gasteiger charge is 2.08. The van der Waals surface area contributed by atoms with Crippen molar-refractivity contribution in [3.8, 4) is 11.1 Å². The molecule has 2 N–H and O–H groups in total. The molecule has 0 saturated carbocycles. The van der Waals surface area contributed by atoms with Crippen molar-refractivity contribution >= 4 is 11.8 Å². The van der Waals surface area contributed by atoms with Crippen molar-refractivity contribution in [1.82, 2.24) is 4.98 Å². The number of hydrogen-bond donors (Lipinski definition) is 1. The van der Waals surface area contributed by atoms with Gasteiger partial charge < -0.3 is 10.6 Å². The summed E-state index contributed by atoms with van der Waals surface area (Å²) in [4.78, 5) is 20.9. The first-order valence-electron chi connectivity index (χ1n) is 7.36. The molecule has 1 aromatic heterocycles. The third-order valence-electron chi connectivity index (χ3n) is 3.38.